The number of benzene rings is 2. The Hall–Kier alpha value is -5.14. The third kappa shape index (κ3) is 4.55. The number of nitrogens with one attached hydrogen (secondary N) is 2. The van der Waals surface area contributed by atoms with E-state index in [1.165, 1.54) is 26.9 Å². The predicted molar refractivity (Wildman–Crippen MR) is 123 cm³/mol. The van der Waals surface area contributed by atoms with Gasteiger partial charge in [-0.1, -0.05) is 12.1 Å². The Labute approximate surface area is 192 Å². The summed E-state index contributed by atoms with van der Waals surface area (Å²) in [5.74, 6) is 0.797. The summed E-state index contributed by atoms with van der Waals surface area (Å²) in [6, 6.07) is 9.34. The van der Waals surface area contributed by atoms with Gasteiger partial charge >= 0.3 is 12.1 Å². The number of hydrogen-bond donors (Lipinski definition) is 4. The maximum Gasteiger partial charge on any atom is 0.348 e. The van der Waals surface area contributed by atoms with E-state index >= 15 is 0 Å². The van der Waals surface area contributed by atoms with Crippen LogP contribution in [0.5, 0.6) is 11.5 Å². The van der Waals surface area contributed by atoms with Crippen LogP contribution >= 0.6 is 0 Å². The number of hydrogen-bond acceptors (Lipinski definition) is 10. The van der Waals surface area contributed by atoms with Crippen molar-refractivity contribution < 1.29 is 19.1 Å². The van der Waals surface area contributed by atoms with Gasteiger partial charge in [-0.15, -0.1) is 10.2 Å². The van der Waals surface area contributed by atoms with Crippen molar-refractivity contribution >= 4 is 35.3 Å². The van der Waals surface area contributed by atoms with Crippen LogP contribution in [0.3, 0.4) is 0 Å². The molecule has 6 N–H and O–H groups in total. The van der Waals surface area contributed by atoms with Gasteiger partial charge in [0.1, 0.15) is 24.2 Å². The summed E-state index contributed by atoms with van der Waals surface area (Å²) in [5.41, 5.74) is 13.3. The van der Waals surface area contributed by atoms with Gasteiger partial charge in [0.05, 0.1) is 25.6 Å². The van der Waals surface area contributed by atoms with Crippen molar-refractivity contribution in [3.05, 3.63) is 49.1 Å². The first-order valence-electron chi connectivity index (χ1n) is 9.71. The highest BCUT2D eigenvalue weighted by Crippen LogP contribution is 2.35. The molecule has 174 valence electrons. The smallest absolute Gasteiger partial charge is 0.348 e. The molecule has 2 amide bonds. The molecule has 0 aliphatic carbocycles. The van der Waals surface area contributed by atoms with Gasteiger partial charge in [0.25, 0.3) is 0 Å². The summed E-state index contributed by atoms with van der Waals surface area (Å²) in [7, 11) is 2.97. The van der Waals surface area contributed by atoms with Crippen molar-refractivity contribution in [3.8, 4) is 22.6 Å². The van der Waals surface area contributed by atoms with Gasteiger partial charge in [-0.2, -0.15) is 9.36 Å². The number of carbonyl (C=O) groups is 2. The van der Waals surface area contributed by atoms with Crippen LogP contribution < -0.4 is 31.6 Å². The Kier molecular flexibility index (Phi) is 5.94. The van der Waals surface area contributed by atoms with E-state index in [2.05, 4.69) is 30.8 Å². The first kappa shape index (κ1) is 22.1. The van der Waals surface area contributed by atoms with Crippen LogP contribution in [0.2, 0.25) is 0 Å². The highest BCUT2D eigenvalue weighted by Gasteiger charge is 2.15. The predicted octanol–water partition coefficient (Wildman–Crippen LogP) is 1.88. The number of methoxy groups -OCH3 is 2. The number of amides is 2. The quantitative estimate of drug-likeness (QED) is 0.339. The molecular weight excluding hydrogens is 444 g/mol. The van der Waals surface area contributed by atoms with E-state index in [1.54, 1.807) is 36.4 Å². The fourth-order valence-corrected chi connectivity index (χ4v) is 3.04. The minimum atomic E-state index is -0.550. The number of carbonyl (C=O) groups excluding carboxylic acids is 2. The van der Waals surface area contributed by atoms with Crippen LogP contribution in [0.1, 0.15) is 0 Å². The van der Waals surface area contributed by atoms with Crippen LogP contribution in [-0.4, -0.2) is 55.8 Å². The van der Waals surface area contributed by atoms with Crippen LogP contribution in [0.4, 0.5) is 32.9 Å². The zero-order valence-electron chi connectivity index (χ0n) is 18.1. The molecule has 2 aromatic carbocycles. The molecule has 2 aromatic heterocycles. The molecular formula is C20H20N10O4. The van der Waals surface area contributed by atoms with Crippen LogP contribution in [0, 0.1) is 0 Å². The second-order valence-corrected chi connectivity index (χ2v) is 6.79. The monoisotopic (exact) mass is 464 g/mol. The Morgan fingerprint density at radius 3 is 1.50 bits per heavy atom. The number of nitrogens with zero attached hydrogens (tertiary/aromatic N) is 6. The average molecular weight is 464 g/mol. The summed E-state index contributed by atoms with van der Waals surface area (Å²) >= 11 is 0. The Morgan fingerprint density at radius 2 is 1.18 bits per heavy atom. The topological polar surface area (TPSA) is 190 Å². The third-order valence-electron chi connectivity index (χ3n) is 4.65. The number of ether oxygens (including phenoxy) is 2. The van der Waals surface area contributed by atoms with Gasteiger partial charge in [0.2, 0.25) is 11.9 Å². The molecule has 14 nitrogen and oxygen atoms in total. The fourth-order valence-electron chi connectivity index (χ4n) is 3.04. The lowest BCUT2D eigenvalue weighted by Crippen LogP contribution is -2.20. The molecule has 0 radical (unpaired) electrons. The van der Waals surface area contributed by atoms with Gasteiger partial charge in [-0.3, -0.25) is 0 Å². The van der Waals surface area contributed by atoms with Gasteiger partial charge in [0.15, 0.2) is 0 Å². The van der Waals surface area contributed by atoms with Gasteiger partial charge in [-0.25, -0.2) is 19.6 Å². The average Bonchev–Trinajstić information content (AvgIpc) is 3.48. The molecule has 0 aliphatic heterocycles. The van der Waals surface area contributed by atoms with Crippen molar-refractivity contribution in [2.24, 2.45) is 0 Å². The Morgan fingerprint density at radius 1 is 0.765 bits per heavy atom. The van der Waals surface area contributed by atoms with Crippen molar-refractivity contribution in [2.45, 2.75) is 0 Å². The first-order valence-corrected chi connectivity index (χ1v) is 9.71. The number of nitrogens with two attached hydrogens (primary N) is 2. The van der Waals surface area contributed by atoms with Crippen molar-refractivity contribution in [2.75, 3.05) is 36.3 Å². The molecule has 0 saturated carbocycles. The van der Waals surface area contributed by atoms with Crippen LogP contribution in [0.25, 0.3) is 11.1 Å². The van der Waals surface area contributed by atoms with Crippen LogP contribution in [0.15, 0.2) is 49.1 Å². The standard InChI is InChI=1S/C20H20N10O4/c1-33-15-7-11(3-5-13(15)25-19(31)29-9-23-17(21)27-29)12-4-6-14(16(8-12)34-2)26-20(32)30-10-24-18(22)28-30/h3-10H,1-2H3,(H2,21,27)(H2,22,28)(H,25,31)(H,26,32). The molecule has 2 heterocycles. The van der Waals surface area contributed by atoms with E-state index in [0.717, 1.165) is 20.5 Å². The normalized spacial score (nSPS) is 10.5. The van der Waals surface area contributed by atoms with Crippen molar-refractivity contribution in [1.82, 2.24) is 29.5 Å². The van der Waals surface area contributed by atoms with Crippen molar-refractivity contribution in [3.63, 3.8) is 0 Å². The van der Waals surface area contributed by atoms with Gasteiger partial charge < -0.3 is 31.6 Å². The van der Waals surface area contributed by atoms with E-state index in [0.29, 0.717) is 22.9 Å². The Balaban J connectivity index is 1.56. The zero-order valence-corrected chi connectivity index (χ0v) is 18.1. The minimum Gasteiger partial charge on any atom is -0.495 e. The molecule has 4 aromatic rings. The van der Waals surface area contributed by atoms with Crippen molar-refractivity contribution in [1.29, 1.82) is 0 Å². The summed E-state index contributed by atoms with van der Waals surface area (Å²) in [6.45, 7) is 0. The van der Waals surface area contributed by atoms with Gasteiger partial charge in [0, 0.05) is 0 Å². The molecule has 0 spiro atoms. The second-order valence-electron chi connectivity index (χ2n) is 6.79. The van der Waals surface area contributed by atoms with Crippen LogP contribution in [-0.2, 0) is 0 Å². The fraction of sp³-hybridized carbons (Fsp3) is 0.100. The van der Waals surface area contributed by atoms with E-state index < -0.39 is 12.1 Å². The molecule has 0 unspecified atom stereocenters. The van der Waals surface area contributed by atoms with Gasteiger partial charge in [-0.05, 0) is 35.4 Å². The SMILES string of the molecule is COc1cc(-c2ccc(NC(=O)n3cnc(N)n3)c(OC)c2)ccc1NC(=O)n1cnc(N)n1. The summed E-state index contributed by atoms with van der Waals surface area (Å²) in [6.07, 6.45) is 2.41. The van der Waals surface area contributed by atoms with E-state index in [4.69, 9.17) is 20.9 Å². The number of anilines is 4. The number of rotatable bonds is 5. The molecule has 0 bridgehead atoms. The lowest BCUT2D eigenvalue weighted by molar-refractivity contribution is 0.250. The zero-order chi connectivity index (χ0) is 24.2. The molecule has 0 aliphatic rings. The molecule has 0 saturated heterocycles. The van der Waals surface area contributed by atoms with E-state index in [-0.39, 0.29) is 11.9 Å². The highest BCUT2D eigenvalue weighted by molar-refractivity contribution is 5.94. The lowest BCUT2D eigenvalue weighted by Gasteiger charge is -2.14. The summed E-state index contributed by atoms with van der Waals surface area (Å²) in [5, 5.41) is 12.9. The summed E-state index contributed by atoms with van der Waals surface area (Å²) in [4.78, 5) is 32.1. The maximum atomic E-state index is 12.3. The molecule has 0 fully saturated rings. The first-order chi connectivity index (χ1) is 16.4. The number of nitrogen functional groups attached to an aromatic ring is 2. The Bertz CT molecular complexity index is 1260. The molecule has 34 heavy (non-hydrogen) atoms. The summed E-state index contributed by atoms with van der Waals surface area (Å²) < 4.78 is 12.8. The molecule has 4 rings (SSSR count). The van der Waals surface area contributed by atoms with E-state index in [9.17, 15) is 9.59 Å². The number of aromatic nitrogens is 6. The minimum absolute atomic E-state index is 0.0172. The van der Waals surface area contributed by atoms with E-state index in [1.807, 2.05) is 0 Å². The molecule has 14 heteroatoms. The third-order valence-corrected chi connectivity index (χ3v) is 4.65. The molecule has 0 atom stereocenters. The maximum absolute atomic E-state index is 12.3. The largest absolute Gasteiger partial charge is 0.495 e. The second kappa shape index (κ2) is 9.15. The lowest BCUT2D eigenvalue weighted by atomic mass is 10.0. The highest BCUT2D eigenvalue weighted by atomic mass is 16.5.